The first-order valence-electron chi connectivity index (χ1n) is 4.83. The maximum atomic E-state index is 9.54. The summed E-state index contributed by atoms with van der Waals surface area (Å²) < 4.78 is 1.78. The number of aliphatic hydroxyl groups is 1. The summed E-state index contributed by atoms with van der Waals surface area (Å²) in [5.41, 5.74) is 0.466. The van der Waals surface area contributed by atoms with Crippen molar-refractivity contribution in [1.82, 2.24) is 15.1 Å². The Labute approximate surface area is 84.9 Å². The summed E-state index contributed by atoms with van der Waals surface area (Å²) in [4.78, 5) is 0. The van der Waals surface area contributed by atoms with Gasteiger partial charge in [-0.3, -0.25) is 4.68 Å². The van der Waals surface area contributed by atoms with Gasteiger partial charge in [0.05, 0.1) is 11.8 Å². The minimum Gasteiger partial charge on any atom is -0.389 e. The molecule has 4 heteroatoms. The molecule has 0 radical (unpaired) electrons. The molecule has 0 aliphatic heterocycles. The summed E-state index contributed by atoms with van der Waals surface area (Å²) in [6, 6.07) is 0.218. The van der Waals surface area contributed by atoms with Gasteiger partial charge in [-0.1, -0.05) is 0 Å². The second-order valence-electron chi connectivity index (χ2n) is 4.36. The van der Waals surface area contributed by atoms with Crippen LogP contribution in [0.2, 0.25) is 0 Å². The number of aryl methyl sites for hydroxylation is 1. The molecule has 0 bridgehead atoms. The molecular weight excluding hydrogens is 178 g/mol. The van der Waals surface area contributed by atoms with Crippen LogP contribution < -0.4 is 5.32 Å². The SMILES string of the molecule is CC(NCC(C)(C)O)c1cnn(C)c1. The van der Waals surface area contributed by atoms with Crippen LogP contribution in [0, 0.1) is 0 Å². The van der Waals surface area contributed by atoms with Crippen molar-refractivity contribution in [2.75, 3.05) is 6.54 Å². The molecule has 0 fully saturated rings. The van der Waals surface area contributed by atoms with Gasteiger partial charge in [-0.15, -0.1) is 0 Å². The van der Waals surface area contributed by atoms with Crippen LogP contribution in [0.3, 0.4) is 0 Å². The molecule has 1 aromatic heterocycles. The summed E-state index contributed by atoms with van der Waals surface area (Å²) in [6.07, 6.45) is 3.81. The molecule has 14 heavy (non-hydrogen) atoms. The smallest absolute Gasteiger partial charge is 0.0715 e. The highest BCUT2D eigenvalue weighted by Gasteiger charge is 2.14. The summed E-state index contributed by atoms with van der Waals surface area (Å²) in [5.74, 6) is 0. The lowest BCUT2D eigenvalue weighted by Gasteiger charge is -2.20. The third kappa shape index (κ3) is 3.47. The van der Waals surface area contributed by atoms with Crippen LogP contribution in [0.25, 0.3) is 0 Å². The molecule has 2 N–H and O–H groups in total. The number of hydrogen-bond donors (Lipinski definition) is 2. The van der Waals surface area contributed by atoms with E-state index >= 15 is 0 Å². The minimum atomic E-state index is -0.670. The lowest BCUT2D eigenvalue weighted by Crippen LogP contribution is -2.35. The Kier molecular flexibility index (Phi) is 3.29. The van der Waals surface area contributed by atoms with E-state index in [0.29, 0.717) is 6.54 Å². The minimum absolute atomic E-state index is 0.218. The predicted octanol–water partition coefficient (Wildman–Crippen LogP) is 0.842. The summed E-state index contributed by atoms with van der Waals surface area (Å²) in [6.45, 7) is 6.21. The van der Waals surface area contributed by atoms with E-state index in [1.54, 1.807) is 18.5 Å². The number of nitrogens with one attached hydrogen (secondary N) is 1. The highest BCUT2D eigenvalue weighted by Crippen LogP contribution is 2.11. The monoisotopic (exact) mass is 197 g/mol. The second-order valence-corrected chi connectivity index (χ2v) is 4.36. The predicted molar refractivity (Wildman–Crippen MR) is 55.9 cm³/mol. The van der Waals surface area contributed by atoms with Gasteiger partial charge in [0.1, 0.15) is 0 Å². The van der Waals surface area contributed by atoms with E-state index in [4.69, 9.17) is 0 Å². The molecule has 80 valence electrons. The van der Waals surface area contributed by atoms with Gasteiger partial charge in [0.25, 0.3) is 0 Å². The topological polar surface area (TPSA) is 50.1 Å². The lowest BCUT2D eigenvalue weighted by atomic mass is 10.1. The maximum Gasteiger partial charge on any atom is 0.0715 e. The van der Waals surface area contributed by atoms with Crippen molar-refractivity contribution in [3.8, 4) is 0 Å². The molecule has 1 aromatic rings. The molecule has 1 rings (SSSR count). The Morgan fingerprint density at radius 3 is 2.71 bits per heavy atom. The van der Waals surface area contributed by atoms with Crippen LogP contribution >= 0.6 is 0 Å². The molecule has 0 aliphatic rings. The van der Waals surface area contributed by atoms with Crippen molar-refractivity contribution in [2.45, 2.75) is 32.4 Å². The fourth-order valence-corrected chi connectivity index (χ4v) is 1.18. The highest BCUT2D eigenvalue weighted by atomic mass is 16.3. The van der Waals surface area contributed by atoms with Gasteiger partial charge >= 0.3 is 0 Å². The van der Waals surface area contributed by atoms with E-state index in [0.717, 1.165) is 5.56 Å². The molecule has 1 atom stereocenters. The molecular formula is C10H19N3O. The van der Waals surface area contributed by atoms with Crippen molar-refractivity contribution in [3.05, 3.63) is 18.0 Å². The number of hydrogen-bond acceptors (Lipinski definition) is 3. The van der Waals surface area contributed by atoms with Crippen LogP contribution in [0.15, 0.2) is 12.4 Å². The average molecular weight is 197 g/mol. The Balaban J connectivity index is 2.47. The van der Waals surface area contributed by atoms with Crippen molar-refractivity contribution < 1.29 is 5.11 Å². The van der Waals surface area contributed by atoms with Gasteiger partial charge in [0, 0.05) is 31.4 Å². The first-order chi connectivity index (χ1) is 6.38. The summed E-state index contributed by atoms with van der Waals surface area (Å²) in [5, 5.41) is 16.9. The molecule has 0 aliphatic carbocycles. The fourth-order valence-electron chi connectivity index (χ4n) is 1.18. The quantitative estimate of drug-likeness (QED) is 0.752. The average Bonchev–Trinajstić information content (AvgIpc) is 2.46. The number of aromatic nitrogens is 2. The van der Waals surface area contributed by atoms with E-state index in [2.05, 4.69) is 17.3 Å². The zero-order valence-corrected chi connectivity index (χ0v) is 9.28. The van der Waals surface area contributed by atoms with Crippen molar-refractivity contribution >= 4 is 0 Å². The zero-order valence-electron chi connectivity index (χ0n) is 9.28. The summed E-state index contributed by atoms with van der Waals surface area (Å²) in [7, 11) is 1.90. The normalized spacial score (nSPS) is 14.4. The van der Waals surface area contributed by atoms with Crippen LogP contribution in [-0.4, -0.2) is 27.0 Å². The van der Waals surface area contributed by atoms with Gasteiger partial charge in [0.2, 0.25) is 0 Å². The van der Waals surface area contributed by atoms with E-state index in [1.807, 2.05) is 19.4 Å². The highest BCUT2D eigenvalue weighted by molar-refractivity contribution is 5.08. The number of rotatable bonds is 4. The van der Waals surface area contributed by atoms with Crippen LogP contribution in [0.5, 0.6) is 0 Å². The fraction of sp³-hybridized carbons (Fsp3) is 0.700. The number of nitrogens with zero attached hydrogens (tertiary/aromatic N) is 2. The molecule has 0 spiro atoms. The Bertz CT molecular complexity index is 288. The third-order valence-electron chi connectivity index (χ3n) is 2.07. The van der Waals surface area contributed by atoms with Gasteiger partial charge in [-0.25, -0.2) is 0 Å². The van der Waals surface area contributed by atoms with Crippen LogP contribution in [-0.2, 0) is 7.05 Å². The molecule has 4 nitrogen and oxygen atoms in total. The Morgan fingerprint density at radius 1 is 1.64 bits per heavy atom. The van der Waals surface area contributed by atoms with Gasteiger partial charge in [-0.2, -0.15) is 5.10 Å². The van der Waals surface area contributed by atoms with Gasteiger partial charge < -0.3 is 10.4 Å². The molecule has 1 heterocycles. The van der Waals surface area contributed by atoms with Crippen LogP contribution in [0.4, 0.5) is 0 Å². The molecule has 0 amide bonds. The van der Waals surface area contributed by atoms with E-state index in [9.17, 15) is 5.11 Å². The summed E-state index contributed by atoms with van der Waals surface area (Å²) >= 11 is 0. The van der Waals surface area contributed by atoms with E-state index in [-0.39, 0.29) is 6.04 Å². The third-order valence-corrected chi connectivity index (χ3v) is 2.07. The van der Waals surface area contributed by atoms with Crippen LogP contribution in [0.1, 0.15) is 32.4 Å². The molecule has 0 saturated heterocycles. The molecule has 0 aromatic carbocycles. The Hall–Kier alpha value is -0.870. The van der Waals surface area contributed by atoms with Gasteiger partial charge in [0.15, 0.2) is 0 Å². The molecule has 0 saturated carbocycles. The lowest BCUT2D eigenvalue weighted by molar-refractivity contribution is 0.0770. The van der Waals surface area contributed by atoms with E-state index in [1.165, 1.54) is 0 Å². The van der Waals surface area contributed by atoms with Crippen molar-refractivity contribution in [3.63, 3.8) is 0 Å². The standard InChI is InChI=1S/C10H19N3O/c1-8(11-7-10(2,3)14)9-5-12-13(4)6-9/h5-6,8,11,14H,7H2,1-4H3. The van der Waals surface area contributed by atoms with Gasteiger partial charge in [-0.05, 0) is 20.8 Å². The first-order valence-corrected chi connectivity index (χ1v) is 4.83. The maximum absolute atomic E-state index is 9.54. The Morgan fingerprint density at radius 2 is 2.29 bits per heavy atom. The second kappa shape index (κ2) is 4.11. The zero-order chi connectivity index (χ0) is 10.8. The van der Waals surface area contributed by atoms with E-state index < -0.39 is 5.60 Å². The molecule has 1 unspecified atom stereocenters. The first kappa shape index (κ1) is 11.2. The van der Waals surface area contributed by atoms with Crippen molar-refractivity contribution in [2.24, 2.45) is 7.05 Å². The van der Waals surface area contributed by atoms with Crippen molar-refractivity contribution in [1.29, 1.82) is 0 Å². The largest absolute Gasteiger partial charge is 0.389 e.